The Bertz CT molecular complexity index is 703. The molecule has 2 amide bonds. The summed E-state index contributed by atoms with van der Waals surface area (Å²) < 4.78 is 0.653. The van der Waals surface area contributed by atoms with Crippen LogP contribution in [-0.4, -0.2) is 27.8 Å². The Morgan fingerprint density at radius 1 is 1.17 bits per heavy atom. The van der Waals surface area contributed by atoms with E-state index in [4.69, 9.17) is 0 Å². The minimum absolute atomic E-state index is 0.0538. The largest absolute Gasteiger partial charge is 0.325 e. The molecule has 0 aliphatic heterocycles. The van der Waals surface area contributed by atoms with Gasteiger partial charge in [-0.05, 0) is 25.0 Å². The number of nitrogens with zero attached hydrogens (tertiary/aromatic N) is 2. The van der Waals surface area contributed by atoms with Crippen molar-refractivity contribution in [3.63, 3.8) is 0 Å². The van der Waals surface area contributed by atoms with Gasteiger partial charge in [-0.3, -0.25) is 9.59 Å². The van der Waals surface area contributed by atoms with Crippen LogP contribution >= 0.6 is 23.1 Å². The first-order valence-electron chi connectivity index (χ1n) is 7.70. The molecule has 24 heavy (non-hydrogen) atoms. The molecule has 0 unspecified atom stereocenters. The number of aromatic nitrogens is 2. The van der Waals surface area contributed by atoms with Gasteiger partial charge in [0.05, 0.1) is 5.75 Å². The average Bonchev–Trinajstić information content (AvgIpc) is 3.00. The van der Waals surface area contributed by atoms with Crippen molar-refractivity contribution in [3.8, 4) is 0 Å². The highest BCUT2D eigenvalue weighted by Gasteiger charge is 2.11. The van der Waals surface area contributed by atoms with E-state index in [0.29, 0.717) is 15.9 Å². The van der Waals surface area contributed by atoms with E-state index in [2.05, 4.69) is 20.8 Å². The molecule has 0 saturated carbocycles. The van der Waals surface area contributed by atoms with E-state index in [1.165, 1.54) is 23.1 Å². The predicted octanol–water partition coefficient (Wildman–Crippen LogP) is 3.71. The Labute approximate surface area is 149 Å². The van der Waals surface area contributed by atoms with E-state index < -0.39 is 0 Å². The maximum atomic E-state index is 12.0. The highest BCUT2D eigenvalue weighted by atomic mass is 32.2. The lowest BCUT2D eigenvalue weighted by Gasteiger charge is -2.06. The number of hydrogen-bond acceptors (Lipinski definition) is 6. The number of amides is 2. The third kappa shape index (κ3) is 5.93. The number of nitrogens with one attached hydrogen (secondary N) is 2. The molecule has 0 atom stereocenters. The van der Waals surface area contributed by atoms with Gasteiger partial charge in [0.1, 0.15) is 0 Å². The van der Waals surface area contributed by atoms with Crippen LogP contribution in [0.2, 0.25) is 0 Å². The Hall–Kier alpha value is -1.93. The molecule has 2 aromatic rings. The minimum Gasteiger partial charge on any atom is -0.325 e. The predicted molar refractivity (Wildman–Crippen MR) is 98.6 cm³/mol. The maximum absolute atomic E-state index is 12.0. The van der Waals surface area contributed by atoms with Gasteiger partial charge in [-0.25, -0.2) is 0 Å². The number of para-hydroxylation sites is 1. The van der Waals surface area contributed by atoms with Crippen LogP contribution in [0.1, 0.15) is 31.7 Å². The smallest absolute Gasteiger partial charge is 0.234 e. The first-order valence-corrected chi connectivity index (χ1v) is 9.50. The number of carbonyl (C=O) groups is 2. The number of aryl methyl sites for hydroxylation is 1. The zero-order chi connectivity index (χ0) is 17.4. The average molecular weight is 364 g/mol. The van der Waals surface area contributed by atoms with Crippen molar-refractivity contribution >= 4 is 45.7 Å². The van der Waals surface area contributed by atoms with Crippen LogP contribution in [0.3, 0.4) is 0 Å². The quantitative estimate of drug-likeness (QED) is 0.551. The Kier molecular flexibility index (Phi) is 7.20. The zero-order valence-electron chi connectivity index (χ0n) is 13.7. The summed E-state index contributed by atoms with van der Waals surface area (Å²) in [7, 11) is 0. The van der Waals surface area contributed by atoms with Crippen LogP contribution in [0, 0.1) is 6.92 Å². The number of carbonyl (C=O) groups excluding carboxylic acids is 2. The van der Waals surface area contributed by atoms with Gasteiger partial charge >= 0.3 is 0 Å². The molecule has 0 spiro atoms. The summed E-state index contributed by atoms with van der Waals surface area (Å²) >= 11 is 2.58. The summed E-state index contributed by atoms with van der Waals surface area (Å²) in [6.45, 7) is 3.98. The second-order valence-corrected chi connectivity index (χ2v) is 7.38. The third-order valence-electron chi connectivity index (χ3n) is 3.16. The fourth-order valence-corrected chi connectivity index (χ4v) is 3.43. The van der Waals surface area contributed by atoms with Crippen LogP contribution in [0.4, 0.5) is 10.8 Å². The molecule has 8 heteroatoms. The van der Waals surface area contributed by atoms with Crippen molar-refractivity contribution in [1.82, 2.24) is 10.2 Å². The van der Waals surface area contributed by atoms with E-state index in [9.17, 15) is 9.59 Å². The van der Waals surface area contributed by atoms with Crippen molar-refractivity contribution in [2.24, 2.45) is 0 Å². The number of anilines is 2. The lowest BCUT2D eigenvalue weighted by molar-refractivity contribution is -0.116. The molecule has 0 aliphatic carbocycles. The van der Waals surface area contributed by atoms with E-state index in [1.807, 2.05) is 38.1 Å². The summed E-state index contributed by atoms with van der Waals surface area (Å²) in [6.07, 6.45) is 2.31. The van der Waals surface area contributed by atoms with Gasteiger partial charge in [-0.15, -0.1) is 10.2 Å². The van der Waals surface area contributed by atoms with Crippen molar-refractivity contribution in [2.75, 3.05) is 16.4 Å². The molecular formula is C16H20N4O2S2. The molecule has 0 fully saturated rings. The monoisotopic (exact) mass is 364 g/mol. The van der Waals surface area contributed by atoms with Gasteiger partial charge < -0.3 is 10.6 Å². The molecule has 1 aromatic carbocycles. The second-order valence-electron chi connectivity index (χ2n) is 5.18. The topological polar surface area (TPSA) is 84.0 Å². The van der Waals surface area contributed by atoms with E-state index in [-0.39, 0.29) is 17.6 Å². The standard InChI is InChI=1S/C16H20N4O2S2/c1-3-4-9-13(21)18-15-19-20-16(24-15)23-10-14(22)17-12-8-6-5-7-11(12)2/h5-8H,3-4,9-10H2,1-2H3,(H,17,22)(H,18,19,21). The van der Waals surface area contributed by atoms with E-state index in [0.717, 1.165) is 24.1 Å². The molecule has 1 heterocycles. The number of rotatable bonds is 8. The molecule has 0 radical (unpaired) electrons. The van der Waals surface area contributed by atoms with Gasteiger partial charge in [-0.2, -0.15) is 0 Å². The van der Waals surface area contributed by atoms with Crippen LogP contribution in [0.5, 0.6) is 0 Å². The molecule has 0 saturated heterocycles. The number of unbranched alkanes of at least 4 members (excludes halogenated alkanes) is 1. The molecule has 0 bridgehead atoms. The van der Waals surface area contributed by atoms with Crippen molar-refractivity contribution < 1.29 is 9.59 Å². The van der Waals surface area contributed by atoms with Crippen molar-refractivity contribution in [2.45, 2.75) is 37.4 Å². The SMILES string of the molecule is CCCCC(=O)Nc1nnc(SCC(=O)Nc2ccccc2C)s1. The summed E-state index contributed by atoms with van der Waals surface area (Å²) in [5, 5.41) is 14.0. The maximum Gasteiger partial charge on any atom is 0.234 e. The van der Waals surface area contributed by atoms with Crippen LogP contribution < -0.4 is 10.6 Å². The lowest BCUT2D eigenvalue weighted by Crippen LogP contribution is -2.14. The van der Waals surface area contributed by atoms with Gasteiger partial charge in [0, 0.05) is 12.1 Å². The van der Waals surface area contributed by atoms with Crippen LogP contribution in [0.25, 0.3) is 0 Å². The molecule has 1 aromatic heterocycles. The van der Waals surface area contributed by atoms with Gasteiger partial charge in [0.15, 0.2) is 4.34 Å². The highest BCUT2D eigenvalue weighted by Crippen LogP contribution is 2.26. The van der Waals surface area contributed by atoms with E-state index in [1.54, 1.807) is 0 Å². The first-order chi connectivity index (χ1) is 11.6. The van der Waals surface area contributed by atoms with E-state index >= 15 is 0 Å². The Morgan fingerprint density at radius 3 is 2.71 bits per heavy atom. The Morgan fingerprint density at radius 2 is 1.96 bits per heavy atom. The fourth-order valence-electron chi connectivity index (χ4n) is 1.86. The van der Waals surface area contributed by atoms with Gasteiger partial charge in [-0.1, -0.05) is 54.6 Å². The molecule has 6 nitrogen and oxygen atoms in total. The first kappa shape index (κ1) is 18.4. The summed E-state index contributed by atoms with van der Waals surface area (Å²) in [5.74, 6) is 0.0899. The summed E-state index contributed by atoms with van der Waals surface area (Å²) in [4.78, 5) is 23.6. The van der Waals surface area contributed by atoms with Crippen LogP contribution in [0.15, 0.2) is 28.6 Å². The minimum atomic E-state index is -0.0990. The highest BCUT2D eigenvalue weighted by molar-refractivity contribution is 8.01. The molecule has 2 N–H and O–H groups in total. The normalized spacial score (nSPS) is 10.4. The number of thioether (sulfide) groups is 1. The number of hydrogen-bond donors (Lipinski definition) is 2. The lowest BCUT2D eigenvalue weighted by atomic mass is 10.2. The Balaban J connectivity index is 1.79. The molecule has 0 aliphatic rings. The van der Waals surface area contributed by atoms with Crippen molar-refractivity contribution in [3.05, 3.63) is 29.8 Å². The van der Waals surface area contributed by atoms with Gasteiger partial charge in [0.2, 0.25) is 16.9 Å². The summed E-state index contributed by atoms with van der Waals surface area (Å²) in [6, 6.07) is 7.62. The fraction of sp³-hybridized carbons (Fsp3) is 0.375. The molecular weight excluding hydrogens is 344 g/mol. The van der Waals surface area contributed by atoms with Gasteiger partial charge in [0.25, 0.3) is 0 Å². The molecule has 128 valence electrons. The number of benzene rings is 1. The molecule has 2 rings (SSSR count). The van der Waals surface area contributed by atoms with Crippen LogP contribution in [-0.2, 0) is 9.59 Å². The third-order valence-corrected chi connectivity index (χ3v) is 5.13. The zero-order valence-corrected chi connectivity index (χ0v) is 15.3. The summed E-state index contributed by atoms with van der Waals surface area (Å²) in [5.41, 5.74) is 1.83. The second kappa shape index (κ2) is 9.39. The van der Waals surface area contributed by atoms with Crippen molar-refractivity contribution in [1.29, 1.82) is 0 Å².